The third kappa shape index (κ3) is 4.39. The van der Waals surface area contributed by atoms with E-state index in [1.54, 1.807) is 0 Å². The first-order chi connectivity index (χ1) is 13.1. The molecule has 1 saturated heterocycles. The fourth-order valence-corrected chi connectivity index (χ4v) is 3.44. The number of carbonyl (C=O) groups is 2. The molecule has 2 amide bonds. The van der Waals surface area contributed by atoms with Gasteiger partial charge >= 0.3 is 0 Å². The van der Waals surface area contributed by atoms with E-state index in [1.165, 1.54) is 12.8 Å². The third-order valence-electron chi connectivity index (χ3n) is 5.10. The van der Waals surface area contributed by atoms with E-state index < -0.39 is 6.04 Å². The maximum atomic E-state index is 12.4. The summed E-state index contributed by atoms with van der Waals surface area (Å²) < 4.78 is 5.62. The maximum absolute atomic E-state index is 12.4. The zero-order valence-electron chi connectivity index (χ0n) is 15.5. The van der Waals surface area contributed by atoms with E-state index in [1.807, 2.05) is 30.0 Å². The van der Waals surface area contributed by atoms with Crippen molar-refractivity contribution in [2.45, 2.75) is 51.2 Å². The van der Waals surface area contributed by atoms with Crippen molar-refractivity contribution in [1.82, 2.24) is 25.7 Å². The number of H-pyrrole nitrogens is 1. The van der Waals surface area contributed by atoms with Crippen LogP contribution in [-0.2, 0) is 22.7 Å². The second-order valence-electron chi connectivity index (χ2n) is 7.36. The number of hydrogen-bond donors (Lipinski definition) is 3. The van der Waals surface area contributed by atoms with E-state index in [0.29, 0.717) is 32.1 Å². The van der Waals surface area contributed by atoms with E-state index in [-0.39, 0.29) is 18.2 Å². The highest BCUT2D eigenvalue weighted by Gasteiger charge is 2.32. The largest absolute Gasteiger partial charge is 0.465 e. The molecule has 2 fully saturated rings. The van der Waals surface area contributed by atoms with Crippen molar-refractivity contribution in [1.29, 1.82) is 0 Å². The monoisotopic (exact) mass is 371 g/mol. The van der Waals surface area contributed by atoms with Gasteiger partial charge in [-0.05, 0) is 38.0 Å². The highest BCUT2D eigenvalue weighted by molar-refractivity contribution is 5.88. The van der Waals surface area contributed by atoms with Crippen molar-refractivity contribution in [3.63, 3.8) is 0 Å². The van der Waals surface area contributed by atoms with Gasteiger partial charge in [-0.3, -0.25) is 19.6 Å². The van der Waals surface area contributed by atoms with Gasteiger partial charge in [0.05, 0.1) is 36.9 Å². The van der Waals surface area contributed by atoms with Crippen molar-refractivity contribution in [3.8, 4) is 0 Å². The van der Waals surface area contributed by atoms with E-state index in [9.17, 15) is 9.59 Å². The van der Waals surface area contributed by atoms with E-state index in [4.69, 9.17) is 4.42 Å². The quantitative estimate of drug-likeness (QED) is 0.678. The van der Waals surface area contributed by atoms with Gasteiger partial charge in [0.15, 0.2) is 0 Å². The lowest BCUT2D eigenvalue weighted by Crippen LogP contribution is -2.56. The highest BCUT2D eigenvalue weighted by atomic mass is 16.3. The SMILES string of the molecule is Cc1ccc(CN2CCNC(=O)[C@@H]2CC(=O)NCc2cc(C3CC3)n[nH]2)o1. The lowest BCUT2D eigenvalue weighted by molar-refractivity contribution is -0.134. The van der Waals surface area contributed by atoms with Crippen molar-refractivity contribution in [2.24, 2.45) is 0 Å². The molecule has 2 aromatic rings. The standard InChI is InChI=1S/C19H25N5O3/c1-12-2-5-15(27-12)11-24-7-6-20-19(26)17(24)9-18(25)21-10-14-8-16(23-22-14)13-3-4-13/h2,5,8,13,17H,3-4,6-7,9-11H2,1H3,(H,20,26)(H,21,25)(H,22,23)/t17-/m0/s1. The molecule has 8 nitrogen and oxygen atoms in total. The number of nitrogens with one attached hydrogen (secondary N) is 3. The van der Waals surface area contributed by atoms with E-state index in [2.05, 4.69) is 20.8 Å². The molecule has 144 valence electrons. The first kappa shape index (κ1) is 17.8. The molecular formula is C19H25N5O3. The molecule has 2 aliphatic rings. The lowest BCUT2D eigenvalue weighted by Gasteiger charge is -2.34. The Morgan fingerprint density at radius 1 is 1.41 bits per heavy atom. The molecule has 0 spiro atoms. The molecule has 0 bridgehead atoms. The van der Waals surface area contributed by atoms with Crippen LogP contribution in [-0.4, -0.2) is 46.0 Å². The number of piperazine rings is 1. The molecule has 1 atom stereocenters. The Labute approximate surface area is 157 Å². The number of rotatable bonds is 7. The predicted octanol–water partition coefficient (Wildman–Crippen LogP) is 1.20. The maximum Gasteiger partial charge on any atom is 0.237 e. The van der Waals surface area contributed by atoms with Gasteiger partial charge in [-0.2, -0.15) is 5.10 Å². The molecule has 27 heavy (non-hydrogen) atoms. The minimum Gasteiger partial charge on any atom is -0.465 e. The van der Waals surface area contributed by atoms with Gasteiger partial charge in [-0.25, -0.2) is 0 Å². The summed E-state index contributed by atoms with van der Waals surface area (Å²) in [7, 11) is 0. The first-order valence-corrected chi connectivity index (χ1v) is 9.46. The fourth-order valence-electron chi connectivity index (χ4n) is 3.44. The van der Waals surface area contributed by atoms with Crippen LogP contribution in [0.1, 0.15) is 48.1 Å². The van der Waals surface area contributed by atoms with Crippen LogP contribution < -0.4 is 10.6 Å². The topological polar surface area (TPSA) is 103 Å². The Morgan fingerprint density at radius 2 is 2.26 bits per heavy atom. The van der Waals surface area contributed by atoms with Gasteiger partial charge in [0.25, 0.3) is 0 Å². The average molecular weight is 371 g/mol. The molecule has 0 radical (unpaired) electrons. The van der Waals surface area contributed by atoms with Crippen LogP contribution in [0.15, 0.2) is 22.6 Å². The summed E-state index contributed by atoms with van der Waals surface area (Å²) >= 11 is 0. The molecule has 1 saturated carbocycles. The number of nitrogens with zero attached hydrogens (tertiary/aromatic N) is 2. The van der Waals surface area contributed by atoms with Gasteiger partial charge in [0.2, 0.25) is 11.8 Å². The van der Waals surface area contributed by atoms with Crippen molar-refractivity contribution >= 4 is 11.8 Å². The first-order valence-electron chi connectivity index (χ1n) is 9.46. The molecule has 0 unspecified atom stereocenters. The molecule has 1 aliphatic heterocycles. The number of hydrogen-bond acceptors (Lipinski definition) is 5. The van der Waals surface area contributed by atoms with Crippen molar-refractivity contribution in [3.05, 3.63) is 41.1 Å². The third-order valence-corrected chi connectivity index (χ3v) is 5.10. The van der Waals surface area contributed by atoms with Crippen LogP contribution in [0.5, 0.6) is 0 Å². The van der Waals surface area contributed by atoms with Crippen LogP contribution in [0.3, 0.4) is 0 Å². The Hall–Kier alpha value is -2.61. The smallest absolute Gasteiger partial charge is 0.237 e. The lowest BCUT2D eigenvalue weighted by atomic mass is 10.1. The summed E-state index contributed by atoms with van der Waals surface area (Å²) in [5.41, 5.74) is 1.96. The van der Waals surface area contributed by atoms with Crippen LogP contribution >= 0.6 is 0 Å². The summed E-state index contributed by atoms with van der Waals surface area (Å²) in [6.07, 6.45) is 2.51. The summed E-state index contributed by atoms with van der Waals surface area (Å²) in [5.74, 6) is 1.96. The second-order valence-corrected chi connectivity index (χ2v) is 7.36. The van der Waals surface area contributed by atoms with E-state index >= 15 is 0 Å². The van der Waals surface area contributed by atoms with Crippen LogP contribution in [0, 0.1) is 6.92 Å². The normalized spacial score (nSPS) is 20.5. The number of aryl methyl sites for hydroxylation is 1. The molecule has 8 heteroatoms. The Kier molecular flexibility index (Phi) is 4.98. The highest BCUT2D eigenvalue weighted by Crippen LogP contribution is 2.38. The summed E-state index contributed by atoms with van der Waals surface area (Å²) in [5, 5.41) is 13.0. The van der Waals surface area contributed by atoms with E-state index in [0.717, 1.165) is 22.9 Å². The molecule has 3 heterocycles. The number of carbonyl (C=O) groups excluding carboxylic acids is 2. The minimum atomic E-state index is -0.493. The number of aromatic nitrogens is 2. The van der Waals surface area contributed by atoms with Crippen molar-refractivity contribution in [2.75, 3.05) is 13.1 Å². The molecular weight excluding hydrogens is 346 g/mol. The number of aromatic amines is 1. The predicted molar refractivity (Wildman–Crippen MR) is 97.7 cm³/mol. The minimum absolute atomic E-state index is 0.114. The van der Waals surface area contributed by atoms with Gasteiger partial charge in [0.1, 0.15) is 11.5 Å². The summed E-state index contributed by atoms with van der Waals surface area (Å²) in [6, 6.07) is 5.33. The van der Waals surface area contributed by atoms with Crippen LogP contribution in [0.2, 0.25) is 0 Å². The zero-order chi connectivity index (χ0) is 18.8. The number of amides is 2. The Morgan fingerprint density at radius 3 is 3.00 bits per heavy atom. The molecule has 1 aliphatic carbocycles. The molecule has 3 N–H and O–H groups in total. The second kappa shape index (κ2) is 7.56. The van der Waals surface area contributed by atoms with Crippen LogP contribution in [0.4, 0.5) is 0 Å². The molecule has 4 rings (SSSR count). The number of furan rings is 1. The summed E-state index contributed by atoms with van der Waals surface area (Å²) in [4.78, 5) is 26.7. The van der Waals surface area contributed by atoms with Crippen molar-refractivity contribution < 1.29 is 14.0 Å². The Balaban J connectivity index is 1.32. The molecule has 0 aromatic carbocycles. The average Bonchev–Trinajstić information content (AvgIpc) is 3.25. The fraction of sp³-hybridized carbons (Fsp3) is 0.526. The van der Waals surface area contributed by atoms with Gasteiger partial charge < -0.3 is 15.1 Å². The summed E-state index contributed by atoms with van der Waals surface area (Å²) in [6.45, 7) is 4.07. The van der Waals surface area contributed by atoms with Gasteiger partial charge in [0, 0.05) is 19.0 Å². The van der Waals surface area contributed by atoms with Crippen LogP contribution in [0.25, 0.3) is 0 Å². The Bertz CT molecular complexity index is 823. The van der Waals surface area contributed by atoms with Gasteiger partial charge in [-0.15, -0.1) is 0 Å². The molecule has 2 aromatic heterocycles. The zero-order valence-corrected chi connectivity index (χ0v) is 15.5. The van der Waals surface area contributed by atoms with Gasteiger partial charge in [-0.1, -0.05) is 0 Å².